The van der Waals surface area contributed by atoms with Gasteiger partial charge in [0, 0.05) is 18.7 Å². The highest BCUT2D eigenvalue weighted by Gasteiger charge is 2.12. The van der Waals surface area contributed by atoms with Gasteiger partial charge in [0.05, 0.1) is 6.20 Å². The van der Waals surface area contributed by atoms with Gasteiger partial charge in [-0.2, -0.15) is 0 Å². The molecule has 0 aliphatic rings. The van der Waals surface area contributed by atoms with Crippen molar-refractivity contribution >= 4 is 5.82 Å². The fourth-order valence-electron chi connectivity index (χ4n) is 1.50. The molecule has 1 unspecified atom stereocenters. The van der Waals surface area contributed by atoms with Crippen molar-refractivity contribution in [3.05, 3.63) is 23.9 Å². The minimum atomic E-state index is -0.692. The fourth-order valence-corrected chi connectivity index (χ4v) is 1.50. The molecular weight excluding hydrogens is 212 g/mol. The number of anilines is 1. The molecule has 1 aromatic heterocycles. The molecule has 0 aliphatic carbocycles. The van der Waals surface area contributed by atoms with E-state index >= 15 is 0 Å². The first-order valence-corrected chi connectivity index (χ1v) is 5.30. The van der Waals surface area contributed by atoms with Crippen LogP contribution >= 0.6 is 0 Å². The van der Waals surface area contributed by atoms with E-state index in [-0.39, 0.29) is 11.9 Å². The molecule has 0 radical (unpaired) electrons. The first-order valence-electron chi connectivity index (χ1n) is 5.30. The summed E-state index contributed by atoms with van der Waals surface area (Å²) in [5.74, 6) is -0.875. The van der Waals surface area contributed by atoms with Crippen LogP contribution < -0.4 is 11.1 Å². The second-order valence-electron chi connectivity index (χ2n) is 4.19. The summed E-state index contributed by atoms with van der Waals surface area (Å²) in [4.78, 5) is 3.66. The third kappa shape index (κ3) is 3.73. The molecule has 0 bridgehead atoms. The Morgan fingerprint density at radius 2 is 2.12 bits per heavy atom. The van der Waals surface area contributed by atoms with Crippen molar-refractivity contribution < 1.29 is 8.78 Å². The average molecular weight is 229 g/mol. The zero-order valence-electron chi connectivity index (χ0n) is 9.50. The van der Waals surface area contributed by atoms with Crippen molar-refractivity contribution in [1.29, 1.82) is 0 Å². The van der Waals surface area contributed by atoms with Gasteiger partial charge in [-0.25, -0.2) is 13.8 Å². The van der Waals surface area contributed by atoms with Gasteiger partial charge in [0.25, 0.3) is 0 Å². The van der Waals surface area contributed by atoms with E-state index in [1.54, 1.807) is 0 Å². The van der Waals surface area contributed by atoms with Crippen molar-refractivity contribution in [2.45, 2.75) is 26.3 Å². The Morgan fingerprint density at radius 1 is 1.44 bits per heavy atom. The molecule has 1 rings (SSSR count). The summed E-state index contributed by atoms with van der Waals surface area (Å²) in [5.41, 5.74) is 5.56. The number of pyridine rings is 1. The topological polar surface area (TPSA) is 50.9 Å². The SMILES string of the molecule is CC(C)CC(CN)Nc1ncc(F)cc1F. The second-order valence-corrected chi connectivity index (χ2v) is 4.19. The van der Waals surface area contributed by atoms with Gasteiger partial charge in [0.1, 0.15) is 5.82 Å². The lowest BCUT2D eigenvalue weighted by Crippen LogP contribution is -2.31. The van der Waals surface area contributed by atoms with Crippen LogP contribution in [-0.2, 0) is 0 Å². The van der Waals surface area contributed by atoms with Crippen LogP contribution in [0.15, 0.2) is 12.3 Å². The van der Waals surface area contributed by atoms with Crippen LogP contribution in [0.25, 0.3) is 0 Å². The molecule has 0 saturated heterocycles. The Balaban J connectivity index is 2.70. The highest BCUT2D eigenvalue weighted by molar-refractivity contribution is 5.37. The molecule has 1 atom stereocenters. The van der Waals surface area contributed by atoms with E-state index in [9.17, 15) is 8.78 Å². The summed E-state index contributed by atoms with van der Waals surface area (Å²) in [7, 11) is 0. The van der Waals surface area contributed by atoms with Crippen molar-refractivity contribution in [2.24, 2.45) is 11.7 Å². The van der Waals surface area contributed by atoms with Crippen molar-refractivity contribution in [1.82, 2.24) is 4.98 Å². The number of nitrogens with one attached hydrogen (secondary N) is 1. The monoisotopic (exact) mass is 229 g/mol. The molecule has 3 nitrogen and oxygen atoms in total. The van der Waals surface area contributed by atoms with Crippen LogP contribution in [0, 0.1) is 17.6 Å². The van der Waals surface area contributed by atoms with Crippen LogP contribution in [0.3, 0.4) is 0 Å². The molecule has 90 valence electrons. The Bertz CT molecular complexity index is 342. The normalized spacial score (nSPS) is 12.9. The zero-order chi connectivity index (χ0) is 12.1. The third-order valence-electron chi connectivity index (χ3n) is 2.19. The lowest BCUT2D eigenvalue weighted by atomic mass is 10.0. The minimum absolute atomic E-state index is 0.0486. The van der Waals surface area contributed by atoms with Crippen molar-refractivity contribution in [3.8, 4) is 0 Å². The summed E-state index contributed by atoms with van der Waals surface area (Å²) in [5, 5.41) is 2.88. The van der Waals surface area contributed by atoms with Gasteiger partial charge in [0.15, 0.2) is 11.6 Å². The van der Waals surface area contributed by atoms with Gasteiger partial charge < -0.3 is 11.1 Å². The Kier molecular flexibility index (Phi) is 4.61. The maximum atomic E-state index is 13.3. The summed E-state index contributed by atoms with van der Waals surface area (Å²) >= 11 is 0. The largest absolute Gasteiger partial charge is 0.364 e. The second kappa shape index (κ2) is 5.75. The number of nitrogens with two attached hydrogens (primary N) is 1. The number of hydrogen-bond acceptors (Lipinski definition) is 3. The highest BCUT2D eigenvalue weighted by atomic mass is 19.1. The predicted molar refractivity (Wildman–Crippen MR) is 60.1 cm³/mol. The van der Waals surface area contributed by atoms with E-state index in [0.29, 0.717) is 12.5 Å². The summed E-state index contributed by atoms with van der Waals surface area (Å²) in [6.45, 7) is 4.49. The van der Waals surface area contributed by atoms with Crippen LogP contribution in [0.4, 0.5) is 14.6 Å². The first-order chi connectivity index (χ1) is 7.52. The van der Waals surface area contributed by atoms with E-state index < -0.39 is 11.6 Å². The van der Waals surface area contributed by atoms with Crippen molar-refractivity contribution in [3.63, 3.8) is 0 Å². The minimum Gasteiger partial charge on any atom is -0.364 e. The maximum absolute atomic E-state index is 13.3. The lowest BCUT2D eigenvalue weighted by Gasteiger charge is -2.19. The summed E-state index contributed by atoms with van der Waals surface area (Å²) < 4.78 is 25.9. The molecular formula is C11H17F2N3. The van der Waals surface area contributed by atoms with E-state index in [1.165, 1.54) is 0 Å². The van der Waals surface area contributed by atoms with Crippen LogP contribution in [0.5, 0.6) is 0 Å². The Morgan fingerprint density at radius 3 is 2.62 bits per heavy atom. The smallest absolute Gasteiger partial charge is 0.168 e. The first kappa shape index (κ1) is 12.8. The van der Waals surface area contributed by atoms with Gasteiger partial charge in [-0.05, 0) is 12.3 Å². The molecule has 1 heterocycles. The van der Waals surface area contributed by atoms with E-state index in [0.717, 1.165) is 18.7 Å². The quantitative estimate of drug-likeness (QED) is 0.813. The molecule has 0 fully saturated rings. The number of aromatic nitrogens is 1. The van der Waals surface area contributed by atoms with Crippen LogP contribution in [0.2, 0.25) is 0 Å². The molecule has 0 spiro atoms. The zero-order valence-corrected chi connectivity index (χ0v) is 9.50. The molecule has 1 aromatic rings. The highest BCUT2D eigenvalue weighted by Crippen LogP contribution is 2.14. The maximum Gasteiger partial charge on any atom is 0.168 e. The van der Waals surface area contributed by atoms with Crippen LogP contribution in [-0.4, -0.2) is 17.6 Å². The van der Waals surface area contributed by atoms with Gasteiger partial charge in [-0.15, -0.1) is 0 Å². The Hall–Kier alpha value is -1.23. The molecule has 16 heavy (non-hydrogen) atoms. The fraction of sp³-hybridized carbons (Fsp3) is 0.545. The molecule has 3 N–H and O–H groups in total. The number of rotatable bonds is 5. The molecule has 0 saturated carbocycles. The molecule has 0 aromatic carbocycles. The van der Waals surface area contributed by atoms with Crippen molar-refractivity contribution in [2.75, 3.05) is 11.9 Å². The summed E-state index contributed by atoms with van der Waals surface area (Å²) in [6, 6.07) is 0.755. The number of nitrogens with zero attached hydrogens (tertiary/aromatic N) is 1. The lowest BCUT2D eigenvalue weighted by molar-refractivity contribution is 0.514. The van der Waals surface area contributed by atoms with Gasteiger partial charge >= 0.3 is 0 Å². The Labute approximate surface area is 94.1 Å². The molecule has 0 amide bonds. The number of hydrogen-bond donors (Lipinski definition) is 2. The standard InChI is InChI=1S/C11H17F2N3/c1-7(2)3-9(5-14)16-11-10(13)4-8(12)6-15-11/h4,6-7,9H,3,5,14H2,1-2H3,(H,15,16). The molecule has 0 aliphatic heterocycles. The third-order valence-corrected chi connectivity index (χ3v) is 2.19. The predicted octanol–water partition coefficient (Wildman–Crippen LogP) is 2.15. The van der Waals surface area contributed by atoms with Gasteiger partial charge in [0.2, 0.25) is 0 Å². The average Bonchev–Trinajstić information content (AvgIpc) is 2.20. The summed E-state index contributed by atoms with van der Waals surface area (Å²) in [6.07, 6.45) is 1.80. The van der Waals surface area contributed by atoms with Gasteiger partial charge in [-0.3, -0.25) is 0 Å². The van der Waals surface area contributed by atoms with Gasteiger partial charge in [-0.1, -0.05) is 13.8 Å². The molecule has 5 heteroatoms. The van der Waals surface area contributed by atoms with E-state index in [1.807, 2.05) is 0 Å². The van der Waals surface area contributed by atoms with E-state index in [2.05, 4.69) is 24.1 Å². The van der Waals surface area contributed by atoms with Crippen LogP contribution in [0.1, 0.15) is 20.3 Å². The van der Waals surface area contributed by atoms with E-state index in [4.69, 9.17) is 5.73 Å². The number of halogens is 2.